The third-order valence-corrected chi connectivity index (χ3v) is 4.73. The number of amides is 4. The van der Waals surface area contributed by atoms with Crippen LogP contribution in [0, 0.1) is 0 Å². The van der Waals surface area contributed by atoms with Crippen molar-refractivity contribution in [3.63, 3.8) is 0 Å². The van der Waals surface area contributed by atoms with Crippen molar-refractivity contribution in [2.24, 2.45) is 5.73 Å². The Hall–Kier alpha value is -2.77. The van der Waals surface area contributed by atoms with Crippen LogP contribution < -0.4 is 15.4 Å². The Balaban J connectivity index is 1.70. The van der Waals surface area contributed by atoms with Crippen molar-refractivity contribution in [1.82, 2.24) is 9.80 Å². The lowest BCUT2D eigenvalue weighted by molar-refractivity contribution is -0.139. The minimum atomic E-state index is -0.588. The Morgan fingerprint density at radius 1 is 1.20 bits per heavy atom. The minimum Gasteiger partial charge on any atom is -0.495 e. The van der Waals surface area contributed by atoms with Gasteiger partial charge in [-0.15, -0.1) is 0 Å². The quantitative estimate of drug-likeness (QED) is 0.857. The monoisotopic (exact) mass is 346 g/mol. The maximum atomic E-state index is 12.7. The van der Waals surface area contributed by atoms with Gasteiger partial charge < -0.3 is 25.2 Å². The first-order valence-electron chi connectivity index (χ1n) is 8.31. The number of urea groups is 1. The molecule has 2 aliphatic heterocycles. The zero-order chi connectivity index (χ0) is 18.0. The summed E-state index contributed by atoms with van der Waals surface area (Å²) in [5.41, 5.74) is 6.04. The summed E-state index contributed by atoms with van der Waals surface area (Å²) >= 11 is 0. The number of primary amides is 1. The number of hydrogen-bond donors (Lipinski definition) is 1. The molecule has 3 rings (SSSR count). The predicted molar refractivity (Wildman–Crippen MR) is 91.2 cm³/mol. The van der Waals surface area contributed by atoms with Gasteiger partial charge in [-0.3, -0.25) is 9.59 Å². The Kier molecular flexibility index (Phi) is 4.78. The molecular formula is C17H22N4O4. The van der Waals surface area contributed by atoms with Crippen molar-refractivity contribution in [3.8, 4) is 5.75 Å². The normalized spacial score (nSPS) is 20.8. The van der Waals surface area contributed by atoms with Crippen LogP contribution in [0.4, 0.5) is 10.5 Å². The zero-order valence-electron chi connectivity index (χ0n) is 14.2. The number of methoxy groups -OCH3 is 1. The van der Waals surface area contributed by atoms with Crippen LogP contribution in [0.5, 0.6) is 5.75 Å². The molecule has 8 heteroatoms. The fraction of sp³-hybridized carbons (Fsp3) is 0.471. The molecule has 0 bridgehead atoms. The molecule has 0 radical (unpaired) electrons. The molecule has 25 heavy (non-hydrogen) atoms. The number of rotatable bonds is 3. The molecule has 1 aromatic rings. The molecule has 1 aromatic carbocycles. The molecule has 2 heterocycles. The molecule has 8 nitrogen and oxygen atoms in total. The van der Waals surface area contributed by atoms with Gasteiger partial charge in [0.25, 0.3) is 0 Å². The van der Waals surface area contributed by atoms with Crippen molar-refractivity contribution in [2.75, 3.05) is 38.2 Å². The number of likely N-dealkylation sites (tertiary alicyclic amines) is 1. The molecular weight excluding hydrogens is 324 g/mol. The summed E-state index contributed by atoms with van der Waals surface area (Å²) in [5.74, 6) is 0.239. The maximum Gasteiger partial charge on any atom is 0.315 e. The van der Waals surface area contributed by atoms with Gasteiger partial charge in [0.05, 0.1) is 12.8 Å². The maximum absolute atomic E-state index is 12.7. The van der Waals surface area contributed by atoms with E-state index in [-0.39, 0.29) is 18.4 Å². The number of hydrogen-bond acceptors (Lipinski definition) is 4. The van der Waals surface area contributed by atoms with E-state index >= 15 is 0 Å². The SMILES string of the molecule is COc1ccccc1N1CCN(C(=O)[C@H]2CCCN2C(N)=O)CC1=O. The van der Waals surface area contributed by atoms with E-state index in [4.69, 9.17) is 10.5 Å². The van der Waals surface area contributed by atoms with Crippen LogP contribution in [0.15, 0.2) is 24.3 Å². The molecule has 4 amide bonds. The van der Waals surface area contributed by atoms with E-state index in [1.807, 2.05) is 18.2 Å². The number of para-hydroxylation sites is 2. The summed E-state index contributed by atoms with van der Waals surface area (Å²) in [7, 11) is 1.56. The largest absolute Gasteiger partial charge is 0.495 e. The fourth-order valence-corrected chi connectivity index (χ4v) is 3.47. The number of carbonyl (C=O) groups is 3. The van der Waals surface area contributed by atoms with Gasteiger partial charge in [0.2, 0.25) is 11.8 Å². The van der Waals surface area contributed by atoms with Crippen LogP contribution in [0.25, 0.3) is 0 Å². The van der Waals surface area contributed by atoms with Crippen molar-refractivity contribution >= 4 is 23.5 Å². The number of nitrogens with two attached hydrogens (primary N) is 1. The summed E-state index contributed by atoms with van der Waals surface area (Å²) in [6.07, 6.45) is 1.33. The van der Waals surface area contributed by atoms with Crippen molar-refractivity contribution in [1.29, 1.82) is 0 Å². The molecule has 134 valence electrons. The van der Waals surface area contributed by atoms with Crippen LogP contribution >= 0.6 is 0 Å². The Labute approximate surface area is 146 Å². The van der Waals surface area contributed by atoms with Gasteiger partial charge in [0.1, 0.15) is 18.3 Å². The molecule has 0 aliphatic carbocycles. The molecule has 1 atom stereocenters. The first-order chi connectivity index (χ1) is 12.0. The molecule has 2 aliphatic rings. The topological polar surface area (TPSA) is 96.2 Å². The third kappa shape index (κ3) is 3.24. The van der Waals surface area contributed by atoms with E-state index in [9.17, 15) is 14.4 Å². The van der Waals surface area contributed by atoms with E-state index < -0.39 is 12.1 Å². The van der Waals surface area contributed by atoms with Gasteiger partial charge >= 0.3 is 6.03 Å². The number of nitrogens with zero attached hydrogens (tertiary/aromatic N) is 3. The van der Waals surface area contributed by atoms with E-state index in [0.717, 1.165) is 6.42 Å². The van der Waals surface area contributed by atoms with Crippen LogP contribution in [0.3, 0.4) is 0 Å². The summed E-state index contributed by atoms with van der Waals surface area (Å²) in [6, 6.07) is 6.15. The van der Waals surface area contributed by atoms with Crippen LogP contribution in [0.2, 0.25) is 0 Å². The van der Waals surface area contributed by atoms with Gasteiger partial charge in [-0.1, -0.05) is 12.1 Å². The predicted octanol–water partition coefficient (Wildman–Crippen LogP) is 0.413. The van der Waals surface area contributed by atoms with Gasteiger partial charge in [0, 0.05) is 19.6 Å². The number of anilines is 1. The lowest BCUT2D eigenvalue weighted by Crippen LogP contribution is -2.57. The van der Waals surface area contributed by atoms with Gasteiger partial charge in [-0.2, -0.15) is 0 Å². The Morgan fingerprint density at radius 2 is 1.96 bits per heavy atom. The summed E-state index contributed by atoms with van der Waals surface area (Å²) in [5, 5.41) is 0. The number of carbonyl (C=O) groups excluding carboxylic acids is 3. The van der Waals surface area contributed by atoms with Gasteiger partial charge in [0.15, 0.2) is 0 Å². The van der Waals surface area contributed by atoms with E-state index in [1.54, 1.807) is 18.1 Å². The van der Waals surface area contributed by atoms with Gasteiger partial charge in [-0.25, -0.2) is 4.79 Å². The highest BCUT2D eigenvalue weighted by Gasteiger charge is 2.38. The second-order valence-electron chi connectivity index (χ2n) is 6.17. The highest BCUT2D eigenvalue weighted by atomic mass is 16.5. The Bertz CT molecular complexity index is 693. The van der Waals surface area contributed by atoms with E-state index in [1.165, 1.54) is 9.80 Å². The lowest BCUT2D eigenvalue weighted by atomic mass is 10.1. The number of ether oxygens (including phenoxy) is 1. The van der Waals surface area contributed by atoms with Crippen molar-refractivity contribution in [3.05, 3.63) is 24.3 Å². The van der Waals surface area contributed by atoms with E-state index in [0.29, 0.717) is 37.5 Å². The standard InChI is InChI=1S/C17H22N4O4/c1-25-14-7-3-2-5-12(14)20-10-9-19(11-15(20)22)16(23)13-6-4-8-21(13)17(18)24/h2-3,5,7,13H,4,6,8-11H2,1H3,(H2,18,24)/t13-/m1/s1. The molecule has 0 aromatic heterocycles. The van der Waals surface area contributed by atoms with Gasteiger partial charge in [-0.05, 0) is 25.0 Å². The van der Waals surface area contributed by atoms with Crippen LogP contribution in [0.1, 0.15) is 12.8 Å². The molecule has 0 saturated carbocycles. The zero-order valence-corrected chi connectivity index (χ0v) is 14.2. The number of piperazine rings is 1. The second-order valence-corrected chi connectivity index (χ2v) is 6.17. The van der Waals surface area contributed by atoms with Crippen molar-refractivity contribution in [2.45, 2.75) is 18.9 Å². The average molecular weight is 346 g/mol. The third-order valence-electron chi connectivity index (χ3n) is 4.73. The smallest absolute Gasteiger partial charge is 0.315 e. The van der Waals surface area contributed by atoms with E-state index in [2.05, 4.69) is 0 Å². The highest BCUT2D eigenvalue weighted by Crippen LogP contribution is 2.29. The highest BCUT2D eigenvalue weighted by molar-refractivity contribution is 6.00. The summed E-state index contributed by atoms with van der Waals surface area (Å²) < 4.78 is 5.31. The van der Waals surface area contributed by atoms with Crippen LogP contribution in [-0.4, -0.2) is 67.0 Å². The summed E-state index contributed by atoms with van der Waals surface area (Å²) in [6.45, 7) is 1.26. The minimum absolute atomic E-state index is 0.0139. The molecule has 2 saturated heterocycles. The molecule has 2 fully saturated rings. The summed E-state index contributed by atoms with van der Waals surface area (Å²) in [4.78, 5) is 41.3. The first kappa shape index (κ1) is 17.1. The molecule has 2 N–H and O–H groups in total. The van der Waals surface area contributed by atoms with Crippen molar-refractivity contribution < 1.29 is 19.1 Å². The average Bonchev–Trinajstić information content (AvgIpc) is 3.11. The Morgan fingerprint density at radius 3 is 2.64 bits per heavy atom. The molecule has 0 unspecified atom stereocenters. The number of benzene rings is 1. The first-order valence-corrected chi connectivity index (χ1v) is 8.31. The molecule has 0 spiro atoms. The van der Waals surface area contributed by atoms with Crippen LogP contribution in [-0.2, 0) is 9.59 Å². The second kappa shape index (κ2) is 7.00. The lowest BCUT2D eigenvalue weighted by Gasteiger charge is -2.37. The fourth-order valence-electron chi connectivity index (χ4n) is 3.47.